The summed E-state index contributed by atoms with van der Waals surface area (Å²) in [6.45, 7) is 16.2. The fourth-order valence-corrected chi connectivity index (χ4v) is 5.11. The van der Waals surface area contributed by atoms with E-state index in [1.54, 1.807) is 85.3 Å². The van der Waals surface area contributed by atoms with E-state index >= 15 is 4.39 Å². The van der Waals surface area contributed by atoms with Gasteiger partial charge in [-0.3, -0.25) is 9.79 Å². The number of hydrogen-bond acceptors (Lipinski definition) is 7. The monoisotopic (exact) mass is 589 g/mol. The number of aliphatic imine (C=N–C) groups is 1. The van der Waals surface area contributed by atoms with Crippen LogP contribution in [0.1, 0.15) is 73.8 Å². The minimum absolute atomic E-state index is 0.118. The number of ether oxygens (including phenoxy) is 3. The highest BCUT2D eigenvalue weighted by Crippen LogP contribution is 2.45. The van der Waals surface area contributed by atoms with Crippen molar-refractivity contribution < 1.29 is 28.2 Å². The predicted molar refractivity (Wildman–Crippen MR) is 164 cm³/mol. The molecule has 0 aliphatic carbocycles. The summed E-state index contributed by atoms with van der Waals surface area (Å²) in [7, 11) is 0. The summed E-state index contributed by atoms with van der Waals surface area (Å²) in [5.41, 5.74) is 1.66. The van der Waals surface area contributed by atoms with Crippen LogP contribution in [-0.4, -0.2) is 45.2 Å². The van der Waals surface area contributed by atoms with Crippen LogP contribution in [0.5, 0.6) is 5.75 Å². The van der Waals surface area contributed by atoms with Gasteiger partial charge in [0.05, 0.1) is 23.6 Å². The van der Waals surface area contributed by atoms with Gasteiger partial charge in [-0.25, -0.2) is 13.9 Å². The second-order valence-electron chi connectivity index (χ2n) is 12.5. The molecular formula is C34H40FN3O5. The molecule has 2 aromatic carbocycles. The first-order chi connectivity index (χ1) is 20.1. The Bertz CT molecular complexity index is 1580. The fourth-order valence-electron chi connectivity index (χ4n) is 5.11. The number of hydrogen-bond donors (Lipinski definition) is 0. The average molecular weight is 590 g/mol. The molecule has 0 fully saturated rings. The van der Waals surface area contributed by atoms with Gasteiger partial charge in [0, 0.05) is 34.7 Å². The predicted octanol–water partition coefficient (Wildman–Crippen LogP) is 7.21. The van der Waals surface area contributed by atoms with Crippen molar-refractivity contribution in [3.8, 4) is 22.7 Å². The Kier molecular flexibility index (Phi) is 8.94. The summed E-state index contributed by atoms with van der Waals surface area (Å²) < 4.78 is 34.0. The molecule has 0 spiro atoms. The summed E-state index contributed by atoms with van der Waals surface area (Å²) in [5, 5.41) is 4.87. The Labute approximate surface area is 252 Å². The molecule has 1 unspecified atom stereocenters. The number of carbonyl (C=O) groups excluding carboxylic acids is 2. The number of nitrogens with zero attached hydrogens (tertiary/aromatic N) is 3. The van der Waals surface area contributed by atoms with Crippen LogP contribution in [0.4, 0.5) is 4.39 Å². The van der Waals surface area contributed by atoms with Gasteiger partial charge >= 0.3 is 11.9 Å². The highest BCUT2D eigenvalue weighted by atomic mass is 19.1. The number of para-hydroxylation sites is 1. The van der Waals surface area contributed by atoms with Gasteiger partial charge in [0.25, 0.3) is 0 Å². The zero-order chi connectivity index (χ0) is 31.7. The van der Waals surface area contributed by atoms with E-state index in [-0.39, 0.29) is 11.3 Å². The molecule has 0 amide bonds. The lowest BCUT2D eigenvalue weighted by Crippen LogP contribution is -2.40. The van der Waals surface area contributed by atoms with Crippen molar-refractivity contribution in [1.29, 1.82) is 0 Å². The summed E-state index contributed by atoms with van der Waals surface area (Å²) >= 11 is 0. The minimum atomic E-state index is -0.967. The maximum absolute atomic E-state index is 15.2. The molecule has 3 aromatic rings. The molecule has 228 valence electrons. The number of carbonyl (C=O) groups is 2. The Morgan fingerprint density at radius 2 is 1.60 bits per heavy atom. The Balaban J connectivity index is 2.01. The lowest BCUT2D eigenvalue weighted by Gasteiger charge is -2.34. The topological polar surface area (TPSA) is 92.0 Å². The number of allylic oxidation sites excluding steroid dienone is 1. The molecule has 0 N–H and O–H groups in total. The molecule has 0 saturated carbocycles. The van der Waals surface area contributed by atoms with Crippen LogP contribution in [0.2, 0.25) is 0 Å². The molecule has 4 rings (SSSR count). The van der Waals surface area contributed by atoms with Crippen LogP contribution < -0.4 is 4.74 Å². The molecule has 2 atom stereocenters. The van der Waals surface area contributed by atoms with E-state index < -0.39 is 40.8 Å². The number of benzene rings is 2. The lowest BCUT2D eigenvalue weighted by atomic mass is 9.75. The molecule has 0 bridgehead atoms. The molecule has 9 heteroatoms. The zero-order valence-corrected chi connectivity index (χ0v) is 26.3. The summed E-state index contributed by atoms with van der Waals surface area (Å²) in [6.07, 6.45) is 1.78. The van der Waals surface area contributed by atoms with E-state index in [0.717, 1.165) is 5.69 Å². The first kappa shape index (κ1) is 31.7. The van der Waals surface area contributed by atoms with Crippen molar-refractivity contribution in [1.82, 2.24) is 9.78 Å². The first-order valence-electron chi connectivity index (χ1n) is 14.4. The Morgan fingerprint density at radius 3 is 2.19 bits per heavy atom. The van der Waals surface area contributed by atoms with Gasteiger partial charge in [-0.1, -0.05) is 18.2 Å². The van der Waals surface area contributed by atoms with Gasteiger partial charge in [0.15, 0.2) is 11.6 Å². The summed E-state index contributed by atoms with van der Waals surface area (Å²) in [5.74, 6) is -3.43. The largest absolute Gasteiger partial charge is 0.491 e. The second-order valence-corrected chi connectivity index (χ2v) is 12.5. The highest BCUT2D eigenvalue weighted by molar-refractivity contribution is 6.07. The van der Waals surface area contributed by atoms with Gasteiger partial charge < -0.3 is 14.2 Å². The zero-order valence-electron chi connectivity index (χ0n) is 26.3. The normalized spacial score (nSPS) is 17.4. The minimum Gasteiger partial charge on any atom is -0.491 e. The van der Waals surface area contributed by atoms with Gasteiger partial charge in [0.2, 0.25) is 0 Å². The molecule has 8 nitrogen and oxygen atoms in total. The van der Waals surface area contributed by atoms with Crippen molar-refractivity contribution in [2.75, 3.05) is 6.61 Å². The SMILES string of the molecule is CCOc1ccc(-c2nn(-c3ccccc3)cc2[C@H]2C(C(=O)OC(C)(C)C)=C(C)N=C(C)C2C(=O)OC(C)(C)C)cc1F. The van der Waals surface area contributed by atoms with Crippen LogP contribution in [-0.2, 0) is 19.1 Å². The van der Waals surface area contributed by atoms with Crippen LogP contribution in [0, 0.1) is 11.7 Å². The number of aromatic nitrogens is 2. The number of halogens is 1. The average Bonchev–Trinajstić information content (AvgIpc) is 3.33. The van der Waals surface area contributed by atoms with Crippen molar-refractivity contribution in [3.63, 3.8) is 0 Å². The molecule has 1 aliphatic rings. The third-order valence-electron chi connectivity index (χ3n) is 6.71. The molecule has 43 heavy (non-hydrogen) atoms. The summed E-state index contributed by atoms with van der Waals surface area (Å²) in [6, 6.07) is 14.0. The van der Waals surface area contributed by atoms with Gasteiger partial charge in [-0.05, 0) is 92.6 Å². The van der Waals surface area contributed by atoms with E-state index in [1.165, 1.54) is 6.07 Å². The lowest BCUT2D eigenvalue weighted by molar-refractivity contribution is -0.158. The van der Waals surface area contributed by atoms with E-state index in [9.17, 15) is 9.59 Å². The van der Waals surface area contributed by atoms with Crippen molar-refractivity contribution in [3.05, 3.63) is 77.4 Å². The summed E-state index contributed by atoms with van der Waals surface area (Å²) in [4.78, 5) is 32.4. The van der Waals surface area contributed by atoms with E-state index in [0.29, 0.717) is 34.8 Å². The maximum Gasteiger partial charge on any atom is 0.337 e. The van der Waals surface area contributed by atoms with E-state index in [1.807, 2.05) is 30.3 Å². The van der Waals surface area contributed by atoms with Crippen LogP contribution >= 0.6 is 0 Å². The fraction of sp³-hybridized carbons (Fsp3) is 0.412. The molecule has 0 saturated heterocycles. The van der Waals surface area contributed by atoms with Crippen LogP contribution in [0.25, 0.3) is 16.9 Å². The quantitative estimate of drug-likeness (QED) is 0.271. The Hall–Kier alpha value is -4.27. The van der Waals surface area contributed by atoms with E-state index in [2.05, 4.69) is 4.99 Å². The number of rotatable bonds is 7. The number of esters is 2. The third kappa shape index (κ3) is 7.21. The van der Waals surface area contributed by atoms with Crippen molar-refractivity contribution in [2.45, 2.75) is 79.4 Å². The smallest absolute Gasteiger partial charge is 0.337 e. The maximum atomic E-state index is 15.2. The third-order valence-corrected chi connectivity index (χ3v) is 6.71. The second kappa shape index (κ2) is 12.1. The standard InChI is InChI=1S/C34H40FN3O5/c1-10-41-26-17-16-22(18-25(26)35)30-24(19-38(37-30)23-14-12-11-13-15-23)29-27(31(39)42-33(4,5)6)20(2)36-21(3)28(29)32(40)43-34(7,8)9/h11-19,27,29H,10H2,1-9H3/t27?,29-/m1/s1. The molecular weight excluding hydrogens is 549 g/mol. The Morgan fingerprint density at radius 1 is 0.953 bits per heavy atom. The molecule has 1 aromatic heterocycles. The molecule has 0 radical (unpaired) electrons. The van der Waals surface area contributed by atoms with Crippen LogP contribution in [0.3, 0.4) is 0 Å². The van der Waals surface area contributed by atoms with Crippen molar-refractivity contribution in [2.24, 2.45) is 10.9 Å². The van der Waals surface area contributed by atoms with Gasteiger partial charge in [-0.15, -0.1) is 0 Å². The van der Waals surface area contributed by atoms with E-state index in [4.69, 9.17) is 19.3 Å². The van der Waals surface area contributed by atoms with Gasteiger partial charge in [-0.2, -0.15) is 5.10 Å². The van der Waals surface area contributed by atoms with Gasteiger partial charge in [0.1, 0.15) is 17.1 Å². The van der Waals surface area contributed by atoms with Crippen LogP contribution in [0.15, 0.2) is 71.0 Å². The molecule has 2 heterocycles. The van der Waals surface area contributed by atoms with Crippen molar-refractivity contribution >= 4 is 17.7 Å². The first-order valence-corrected chi connectivity index (χ1v) is 14.4. The highest BCUT2D eigenvalue weighted by Gasteiger charge is 2.45. The molecule has 1 aliphatic heterocycles.